The van der Waals surface area contributed by atoms with Gasteiger partial charge in [0.05, 0.1) is 13.2 Å². The third-order valence-electron chi connectivity index (χ3n) is 3.87. The van der Waals surface area contributed by atoms with Crippen molar-refractivity contribution < 1.29 is 24.2 Å². The van der Waals surface area contributed by atoms with Gasteiger partial charge in [0.2, 0.25) is 0 Å². The standard InChI is InChI=1S/C20H23NO5/c1-5-25-17-11-14(7-9-15(17)22)8-10-16(23)18-12(3)19(21-13(18)4)20(24)26-6-2/h7-11,21-22H,5-6H2,1-4H3/b10-8+. The van der Waals surface area contributed by atoms with Crippen LogP contribution in [0.2, 0.25) is 0 Å². The summed E-state index contributed by atoms with van der Waals surface area (Å²) >= 11 is 0. The molecule has 0 aliphatic heterocycles. The number of ketones is 1. The number of phenols is 1. The number of aryl methyl sites for hydroxylation is 1. The number of esters is 1. The van der Waals surface area contributed by atoms with E-state index in [1.54, 1.807) is 39.0 Å². The zero-order valence-corrected chi connectivity index (χ0v) is 15.4. The Morgan fingerprint density at radius 3 is 2.58 bits per heavy atom. The molecular formula is C20H23NO5. The minimum absolute atomic E-state index is 0.0479. The van der Waals surface area contributed by atoms with E-state index in [1.807, 2.05) is 6.92 Å². The molecule has 0 fully saturated rings. The number of aromatic nitrogens is 1. The summed E-state index contributed by atoms with van der Waals surface area (Å²) in [6.07, 6.45) is 3.07. The lowest BCUT2D eigenvalue weighted by Gasteiger charge is -2.06. The van der Waals surface area contributed by atoms with Gasteiger partial charge in [-0.2, -0.15) is 0 Å². The molecule has 0 spiro atoms. The first kappa shape index (κ1) is 19.3. The fraction of sp³-hybridized carbons (Fsp3) is 0.300. The summed E-state index contributed by atoms with van der Waals surface area (Å²) in [5.41, 5.74) is 2.64. The maximum absolute atomic E-state index is 12.6. The second kappa shape index (κ2) is 8.38. The number of ether oxygens (including phenoxy) is 2. The van der Waals surface area contributed by atoms with E-state index < -0.39 is 5.97 Å². The molecule has 1 aromatic carbocycles. The molecule has 2 N–H and O–H groups in total. The normalized spacial score (nSPS) is 10.9. The first-order valence-corrected chi connectivity index (χ1v) is 8.43. The van der Waals surface area contributed by atoms with Gasteiger partial charge < -0.3 is 19.6 Å². The number of aromatic hydroxyl groups is 1. The van der Waals surface area contributed by atoms with Crippen molar-refractivity contribution in [2.75, 3.05) is 13.2 Å². The molecule has 0 radical (unpaired) electrons. The molecule has 2 rings (SSSR count). The Labute approximate surface area is 152 Å². The molecule has 0 saturated heterocycles. The summed E-state index contributed by atoms with van der Waals surface area (Å²) in [5.74, 6) is -0.290. The van der Waals surface area contributed by atoms with Crippen LogP contribution in [-0.2, 0) is 4.74 Å². The third-order valence-corrected chi connectivity index (χ3v) is 3.87. The van der Waals surface area contributed by atoms with E-state index in [0.29, 0.717) is 34.9 Å². The lowest BCUT2D eigenvalue weighted by molar-refractivity contribution is 0.0519. The number of phenolic OH excluding ortho intramolecular Hbond substituents is 1. The van der Waals surface area contributed by atoms with Crippen molar-refractivity contribution in [2.45, 2.75) is 27.7 Å². The zero-order valence-electron chi connectivity index (χ0n) is 15.4. The number of carbonyl (C=O) groups excluding carboxylic acids is 2. The Kier molecular flexibility index (Phi) is 6.22. The summed E-state index contributed by atoms with van der Waals surface area (Å²) in [4.78, 5) is 27.5. The number of aromatic amines is 1. The molecular weight excluding hydrogens is 334 g/mol. The fourth-order valence-corrected chi connectivity index (χ4v) is 2.69. The van der Waals surface area contributed by atoms with Gasteiger partial charge in [-0.3, -0.25) is 4.79 Å². The molecule has 0 unspecified atom stereocenters. The highest BCUT2D eigenvalue weighted by atomic mass is 16.5. The molecule has 1 heterocycles. The van der Waals surface area contributed by atoms with E-state index in [9.17, 15) is 14.7 Å². The van der Waals surface area contributed by atoms with Crippen LogP contribution in [0, 0.1) is 13.8 Å². The summed E-state index contributed by atoms with van der Waals surface area (Å²) in [6, 6.07) is 4.85. The van der Waals surface area contributed by atoms with Crippen molar-refractivity contribution in [3.63, 3.8) is 0 Å². The van der Waals surface area contributed by atoms with Gasteiger partial charge in [0, 0.05) is 11.3 Å². The Bertz CT molecular complexity index is 848. The molecule has 0 aliphatic rings. The summed E-state index contributed by atoms with van der Waals surface area (Å²) < 4.78 is 10.3. The van der Waals surface area contributed by atoms with Crippen molar-refractivity contribution in [3.05, 3.63) is 52.4 Å². The number of carbonyl (C=O) groups is 2. The van der Waals surface area contributed by atoms with Crippen molar-refractivity contribution >= 4 is 17.8 Å². The van der Waals surface area contributed by atoms with Gasteiger partial charge in [-0.15, -0.1) is 0 Å². The van der Waals surface area contributed by atoms with E-state index in [2.05, 4.69) is 4.98 Å². The molecule has 138 valence electrons. The smallest absolute Gasteiger partial charge is 0.355 e. The summed E-state index contributed by atoms with van der Waals surface area (Å²) in [7, 11) is 0. The zero-order chi connectivity index (χ0) is 19.3. The van der Waals surface area contributed by atoms with Crippen molar-refractivity contribution in [1.82, 2.24) is 4.98 Å². The topological polar surface area (TPSA) is 88.6 Å². The molecule has 0 amide bonds. The molecule has 0 atom stereocenters. The monoisotopic (exact) mass is 357 g/mol. The predicted octanol–water partition coefficient (Wildman–Crippen LogP) is 3.81. The predicted molar refractivity (Wildman–Crippen MR) is 98.9 cm³/mol. The lowest BCUT2D eigenvalue weighted by atomic mass is 10.0. The number of hydrogen-bond acceptors (Lipinski definition) is 5. The second-order valence-corrected chi connectivity index (χ2v) is 5.70. The highest BCUT2D eigenvalue weighted by Crippen LogP contribution is 2.27. The number of nitrogens with one attached hydrogen (secondary N) is 1. The van der Waals surface area contributed by atoms with Gasteiger partial charge in [-0.25, -0.2) is 4.79 Å². The number of H-pyrrole nitrogens is 1. The van der Waals surface area contributed by atoms with Crippen molar-refractivity contribution in [3.8, 4) is 11.5 Å². The van der Waals surface area contributed by atoms with Gasteiger partial charge >= 0.3 is 5.97 Å². The highest BCUT2D eigenvalue weighted by Gasteiger charge is 2.21. The van der Waals surface area contributed by atoms with Crippen molar-refractivity contribution in [2.24, 2.45) is 0 Å². The minimum Gasteiger partial charge on any atom is -0.504 e. The van der Waals surface area contributed by atoms with E-state index >= 15 is 0 Å². The third kappa shape index (κ3) is 4.14. The highest BCUT2D eigenvalue weighted by molar-refractivity contribution is 6.10. The van der Waals surface area contributed by atoms with E-state index in [4.69, 9.17) is 9.47 Å². The van der Waals surface area contributed by atoms with Gasteiger partial charge in [0.15, 0.2) is 17.3 Å². The number of allylic oxidation sites excluding steroid dienone is 1. The molecule has 26 heavy (non-hydrogen) atoms. The quantitative estimate of drug-likeness (QED) is 0.447. The fourth-order valence-electron chi connectivity index (χ4n) is 2.69. The van der Waals surface area contributed by atoms with Gasteiger partial charge in [-0.05, 0) is 57.0 Å². The minimum atomic E-state index is -0.476. The molecule has 2 aromatic rings. The van der Waals surface area contributed by atoms with Crippen LogP contribution in [0.4, 0.5) is 0 Å². The molecule has 6 heteroatoms. The molecule has 0 aliphatic carbocycles. The average Bonchev–Trinajstić information content (AvgIpc) is 2.90. The molecule has 6 nitrogen and oxygen atoms in total. The Hall–Kier alpha value is -3.02. The lowest BCUT2D eigenvalue weighted by Crippen LogP contribution is -2.07. The van der Waals surface area contributed by atoms with Crippen LogP contribution in [0.3, 0.4) is 0 Å². The first-order valence-electron chi connectivity index (χ1n) is 8.43. The second-order valence-electron chi connectivity index (χ2n) is 5.70. The Morgan fingerprint density at radius 1 is 1.19 bits per heavy atom. The number of hydrogen-bond donors (Lipinski definition) is 2. The van der Waals surface area contributed by atoms with Crippen LogP contribution in [0.5, 0.6) is 11.5 Å². The van der Waals surface area contributed by atoms with Crippen LogP contribution in [0.25, 0.3) is 6.08 Å². The molecule has 1 aromatic heterocycles. The van der Waals surface area contributed by atoms with E-state index in [0.717, 1.165) is 5.56 Å². The maximum Gasteiger partial charge on any atom is 0.355 e. The number of rotatable bonds is 7. The summed E-state index contributed by atoms with van der Waals surface area (Å²) in [5, 5.41) is 9.73. The Morgan fingerprint density at radius 2 is 1.92 bits per heavy atom. The van der Waals surface area contributed by atoms with Crippen LogP contribution in [0.15, 0.2) is 24.3 Å². The van der Waals surface area contributed by atoms with Gasteiger partial charge in [0.1, 0.15) is 5.69 Å². The average molecular weight is 357 g/mol. The van der Waals surface area contributed by atoms with Crippen LogP contribution >= 0.6 is 0 Å². The Balaban J connectivity index is 2.26. The van der Waals surface area contributed by atoms with E-state index in [1.165, 1.54) is 12.1 Å². The molecule has 0 bridgehead atoms. The van der Waals surface area contributed by atoms with Crippen molar-refractivity contribution in [1.29, 1.82) is 0 Å². The van der Waals surface area contributed by atoms with Crippen LogP contribution in [0.1, 0.15) is 51.5 Å². The SMILES string of the molecule is CCOC(=O)c1[nH]c(C)c(C(=O)/C=C/c2ccc(O)c(OCC)c2)c1C. The van der Waals surface area contributed by atoms with Crippen LogP contribution < -0.4 is 4.74 Å². The molecule has 0 saturated carbocycles. The summed E-state index contributed by atoms with van der Waals surface area (Å²) in [6.45, 7) is 7.70. The van der Waals surface area contributed by atoms with Gasteiger partial charge in [-0.1, -0.05) is 12.1 Å². The maximum atomic E-state index is 12.6. The first-order chi connectivity index (χ1) is 12.4. The largest absolute Gasteiger partial charge is 0.504 e. The number of benzene rings is 1. The van der Waals surface area contributed by atoms with Gasteiger partial charge in [0.25, 0.3) is 0 Å². The van der Waals surface area contributed by atoms with E-state index in [-0.39, 0.29) is 18.1 Å². The van der Waals surface area contributed by atoms with Crippen LogP contribution in [-0.4, -0.2) is 35.1 Å².